The number of rotatable bonds is 4. The minimum atomic E-state index is -1.32. The van der Waals surface area contributed by atoms with Crippen LogP contribution in [-0.2, 0) is 11.5 Å². The number of carbonyl (C=O) groups is 1. The Morgan fingerprint density at radius 2 is 2.10 bits per heavy atom. The molecule has 1 aromatic carbocycles. The molecule has 20 heavy (non-hydrogen) atoms. The fourth-order valence-corrected chi connectivity index (χ4v) is 2.57. The lowest BCUT2D eigenvalue weighted by Crippen LogP contribution is -2.15. The van der Waals surface area contributed by atoms with Gasteiger partial charge in [-0.1, -0.05) is 11.3 Å². The third-order valence-electron chi connectivity index (χ3n) is 2.54. The van der Waals surface area contributed by atoms with Crippen LogP contribution in [0.3, 0.4) is 0 Å². The zero-order valence-corrected chi connectivity index (χ0v) is 11.0. The number of halogens is 2. The van der Waals surface area contributed by atoms with Crippen molar-refractivity contribution in [2.75, 3.05) is 7.11 Å². The molecule has 0 saturated carbocycles. The van der Waals surface area contributed by atoms with E-state index in [-0.39, 0.29) is 22.9 Å². The van der Waals surface area contributed by atoms with Crippen LogP contribution in [0.2, 0.25) is 0 Å². The molecule has 1 N–H and O–H groups in total. The topological polar surface area (TPSA) is 68.5 Å². The molecule has 0 saturated heterocycles. The summed E-state index contributed by atoms with van der Waals surface area (Å²) in [6, 6.07) is 2.92. The number of aromatic nitrogens is 1. The van der Waals surface area contributed by atoms with Crippen molar-refractivity contribution in [3.63, 3.8) is 0 Å². The molecule has 0 aliphatic rings. The smallest absolute Gasteiger partial charge is 0.348 e. The lowest BCUT2D eigenvalue weighted by atomic mass is 10.1. The molecule has 0 spiro atoms. The van der Waals surface area contributed by atoms with Crippen molar-refractivity contribution in [2.45, 2.75) is 6.73 Å². The summed E-state index contributed by atoms with van der Waals surface area (Å²) in [4.78, 5) is 22.1. The van der Waals surface area contributed by atoms with Gasteiger partial charge < -0.3 is 9.84 Å². The predicted octanol–water partition coefficient (Wildman–Crippen LogP) is 2.16. The molecule has 0 aliphatic carbocycles. The van der Waals surface area contributed by atoms with Crippen LogP contribution in [-0.4, -0.2) is 22.8 Å². The highest BCUT2D eigenvalue weighted by molar-refractivity contribution is 7.11. The lowest BCUT2D eigenvalue weighted by Gasteiger charge is -2.08. The van der Waals surface area contributed by atoms with Crippen LogP contribution in [0, 0.1) is 11.6 Å². The summed E-state index contributed by atoms with van der Waals surface area (Å²) < 4.78 is 32.1. The van der Waals surface area contributed by atoms with E-state index in [1.165, 1.54) is 13.2 Å². The van der Waals surface area contributed by atoms with Gasteiger partial charge in [-0.2, -0.15) is 0 Å². The zero-order chi connectivity index (χ0) is 14.9. The van der Waals surface area contributed by atoms with E-state index in [0.29, 0.717) is 11.3 Å². The minimum Gasteiger partial charge on any atom is -0.477 e. The average Bonchev–Trinajstić information content (AvgIpc) is 2.71. The number of thiazole rings is 1. The Labute approximate surface area is 115 Å². The van der Waals surface area contributed by atoms with E-state index in [4.69, 9.17) is 9.84 Å². The number of benzene rings is 1. The second-order valence-electron chi connectivity index (χ2n) is 3.83. The van der Waals surface area contributed by atoms with Gasteiger partial charge in [-0.3, -0.25) is 9.36 Å². The normalized spacial score (nSPS) is 10.8. The van der Waals surface area contributed by atoms with E-state index in [2.05, 4.69) is 0 Å². The molecule has 8 heteroatoms. The second kappa shape index (κ2) is 5.51. The molecular formula is C12H9F2NO4S. The number of hydrogen-bond donors (Lipinski definition) is 1. The number of carboxylic acid groups (broad SMARTS) is 1. The molecule has 0 aliphatic heterocycles. The Balaban J connectivity index is 2.72. The number of methoxy groups -OCH3 is 1. The van der Waals surface area contributed by atoms with Crippen molar-refractivity contribution in [1.82, 2.24) is 4.57 Å². The zero-order valence-electron chi connectivity index (χ0n) is 10.2. The van der Waals surface area contributed by atoms with Gasteiger partial charge in [0, 0.05) is 12.7 Å². The molecular weight excluding hydrogens is 292 g/mol. The Bertz CT molecular complexity index is 723. The molecule has 0 radical (unpaired) electrons. The minimum absolute atomic E-state index is 0.00625. The summed E-state index contributed by atoms with van der Waals surface area (Å²) in [6.45, 7) is -0.184. The van der Waals surface area contributed by atoms with E-state index >= 15 is 0 Å². The van der Waals surface area contributed by atoms with Crippen LogP contribution in [0.5, 0.6) is 0 Å². The SMILES string of the molecule is COCn1c(-c2ccc(F)c(F)c2)c(C(=O)O)sc1=O. The summed E-state index contributed by atoms with van der Waals surface area (Å²) in [7, 11) is 1.33. The maximum atomic E-state index is 13.3. The molecule has 0 amide bonds. The van der Waals surface area contributed by atoms with Gasteiger partial charge in [-0.15, -0.1) is 0 Å². The van der Waals surface area contributed by atoms with E-state index in [1.54, 1.807) is 0 Å². The summed E-state index contributed by atoms with van der Waals surface area (Å²) in [5.74, 6) is -3.50. The lowest BCUT2D eigenvalue weighted by molar-refractivity contribution is 0.0701. The highest BCUT2D eigenvalue weighted by Crippen LogP contribution is 2.27. The third-order valence-corrected chi connectivity index (χ3v) is 3.51. The maximum absolute atomic E-state index is 13.3. The Kier molecular flexibility index (Phi) is 3.96. The van der Waals surface area contributed by atoms with Gasteiger partial charge in [0.05, 0.1) is 5.69 Å². The van der Waals surface area contributed by atoms with E-state index in [1.807, 2.05) is 0 Å². The van der Waals surface area contributed by atoms with E-state index in [9.17, 15) is 18.4 Å². The van der Waals surface area contributed by atoms with Gasteiger partial charge in [0.2, 0.25) is 0 Å². The summed E-state index contributed by atoms with van der Waals surface area (Å²) >= 11 is 0.506. The molecule has 1 heterocycles. The molecule has 5 nitrogen and oxygen atoms in total. The second-order valence-corrected chi connectivity index (χ2v) is 4.79. The van der Waals surface area contributed by atoms with Crippen LogP contribution in [0.1, 0.15) is 9.67 Å². The van der Waals surface area contributed by atoms with Gasteiger partial charge >= 0.3 is 10.8 Å². The van der Waals surface area contributed by atoms with Crippen molar-refractivity contribution in [3.05, 3.63) is 44.4 Å². The van der Waals surface area contributed by atoms with Crippen LogP contribution in [0.25, 0.3) is 11.3 Å². The molecule has 0 bridgehead atoms. The number of ether oxygens (including phenoxy) is 1. The fourth-order valence-electron chi connectivity index (χ4n) is 1.73. The first-order chi connectivity index (χ1) is 9.45. The summed E-state index contributed by atoms with van der Waals surface area (Å²) in [5, 5.41) is 9.11. The molecule has 0 fully saturated rings. The molecule has 2 rings (SSSR count). The van der Waals surface area contributed by atoms with Crippen molar-refractivity contribution < 1.29 is 23.4 Å². The highest BCUT2D eigenvalue weighted by Gasteiger charge is 2.22. The fraction of sp³-hybridized carbons (Fsp3) is 0.167. The monoisotopic (exact) mass is 301 g/mol. The number of carboxylic acids is 1. The van der Waals surface area contributed by atoms with Crippen LogP contribution >= 0.6 is 11.3 Å². The third kappa shape index (κ3) is 2.47. The summed E-state index contributed by atoms with van der Waals surface area (Å²) in [6.07, 6.45) is 0. The maximum Gasteiger partial charge on any atom is 0.348 e. The number of hydrogen-bond acceptors (Lipinski definition) is 4. The van der Waals surface area contributed by atoms with Crippen LogP contribution in [0.4, 0.5) is 8.78 Å². The largest absolute Gasteiger partial charge is 0.477 e. The Morgan fingerprint density at radius 1 is 1.40 bits per heavy atom. The first kappa shape index (κ1) is 14.4. The quantitative estimate of drug-likeness (QED) is 0.939. The van der Waals surface area contributed by atoms with Crippen molar-refractivity contribution in [2.24, 2.45) is 0 Å². The first-order valence-electron chi connectivity index (χ1n) is 5.37. The standard InChI is InChI=1S/C12H9F2NO4S/c1-19-5-15-9(10(11(16)17)20-12(15)18)6-2-3-7(13)8(14)4-6/h2-4H,5H2,1H3,(H,16,17). The predicted molar refractivity (Wildman–Crippen MR) is 67.9 cm³/mol. The molecule has 1 aromatic heterocycles. The molecule has 0 unspecified atom stereocenters. The van der Waals surface area contributed by atoms with Gasteiger partial charge in [-0.05, 0) is 18.2 Å². The van der Waals surface area contributed by atoms with Gasteiger partial charge in [0.1, 0.15) is 11.6 Å². The molecule has 106 valence electrons. The summed E-state index contributed by atoms with van der Waals surface area (Å²) in [5.41, 5.74) is 0.0879. The van der Waals surface area contributed by atoms with Gasteiger partial charge in [-0.25, -0.2) is 13.6 Å². The molecule has 2 aromatic rings. The van der Waals surface area contributed by atoms with Crippen molar-refractivity contribution >= 4 is 17.3 Å². The van der Waals surface area contributed by atoms with Gasteiger partial charge in [0.25, 0.3) is 0 Å². The molecule has 0 atom stereocenters. The average molecular weight is 301 g/mol. The highest BCUT2D eigenvalue weighted by atomic mass is 32.1. The Morgan fingerprint density at radius 3 is 2.65 bits per heavy atom. The Hall–Kier alpha value is -2.06. The van der Waals surface area contributed by atoms with Crippen molar-refractivity contribution in [3.8, 4) is 11.3 Å². The van der Waals surface area contributed by atoms with Gasteiger partial charge in [0.15, 0.2) is 11.6 Å². The van der Waals surface area contributed by atoms with E-state index < -0.39 is 22.5 Å². The number of aromatic carboxylic acids is 1. The van der Waals surface area contributed by atoms with Crippen LogP contribution < -0.4 is 4.87 Å². The van der Waals surface area contributed by atoms with Crippen molar-refractivity contribution in [1.29, 1.82) is 0 Å². The van der Waals surface area contributed by atoms with E-state index in [0.717, 1.165) is 16.7 Å². The van der Waals surface area contributed by atoms with Crippen LogP contribution in [0.15, 0.2) is 23.0 Å². The first-order valence-corrected chi connectivity index (χ1v) is 6.18. The number of nitrogens with zero attached hydrogens (tertiary/aromatic N) is 1.